The average molecular weight is 440 g/mol. The number of hydrogen-bond acceptors (Lipinski definition) is 1. The maximum atomic E-state index is 2.47. The maximum absolute atomic E-state index is 2.47. The lowest BCUT2D eigenvalue weighted by atomic mass is 9.85. The summed E-state index contributed by atoms with van der Waals surface area (Å²) in [6.07, 6.45) is 2.19. The highest BCUT2D eigenvalue weighted by molar-refractivity contribution is 7.26. The van der Waals surface area contributed by atoms with Crippen LogP contribution in [0.1, 0.15) is 56.2 Å². The highest BCUT2D eigenvalue weighted by Gasteiger charge is 2.27. The Morgan fingerprint density at radius 2 is 1.56 bits per heavy atom. The van der Waals surface area contributed by atoms with Gasteiger partial charge in [-0.05, 0) is 53.6 Å². The van der Waals surface area contributed by atoms with Crippen molar-refractivity contribution < 1.29 is 4.68 Å². The number of nitrogens with zero attached hydrogens (tertiary/aromatic N) is 2. The molecule has 0 aliphatic heterocycles. The van der Waals surface area contributed by atoms with E-state index in [2.05, 4.69) is 118 Å². The second-order valence-electron chi connectivity index (χ2n) is 9.41. The van der Waals surface area contributed by atoms with Gasteiger partial charge in [0.2, 0.25) is 0 Å². The Bertz CT molecular complexity index is 1450. The first kappa shape index (κ1) is 21.0. The van der Waals surface area contributed by atoms with Gasteiger partial charge >= 0.3 is 0 Å². The molecule has 162 valence electrons. The molecule has 0 N–H and O–H groups in total. The summed E-state index contributed by atoms with van der Waals surface area (Å²) in [4.78, 5) is 0. The Morgan fingerprint density at radius 1 is 0.844 bits per heavy atom. The fraction of sp³-hybridized carbons (Fsp3) is 0.276. The molecule has 0 unspecified atom stereocenters. The summed E-state index contributed by atoms with van der Waals surface area (Å²) < 4.78 is 7.39. The summed E-state index contributed by atoms with van der Waals surface area (Å²) in [5.74, 6) is 0.848. The lowest BCUT2D eigenvalue weighted by Gasteiger charge is -2.21. The lowest BCUT2D eigenvalue weighted by molar-refractivity contribution is -0.743. The standard InChI is InChI=1S/C29H31N2S/c1-18(2)22-17-23-21-12-8-10-14-26(21)32-29(23)27(19(3)4)28(22)25-15-16-30(6)31(25)24-13-9-7-11-20(24)5/h7-19H,1-6H3/q+1. The Labute approximate surface area is 194 Å². The van der Waals surface area contributed by atoms with E-state index in [4.69, 9.17) is 0 Å². The van der Waals surface area contributed by atoms with Crippen LogP contribution >= 0.6 is 11.3 Å². The summed E-state index contributed by atoms with van der Waals surface area (Å²) >= 11 is 1.94. The summed E-state index contributed by atoms with van der Waals surface area (Å²) in [5.41, 5.74) is 8.09. The van der Waals surface area contributed by atoms with Gasteiger partial charge in [0.25, 0.3) is 0 Å². The fourth-order valence-corrected chi connectivity index (χ4v) is 6.35. The fourth-order valence-electron chi connectivity index (χ4n) is 4.97. The number of aryl methyl sites for hydroxylation is 2. The third-order valence-electron chi connectivity index (χ3n) is 6.53. The predicted octanol–water partition coefficient (Wildman–Crippen LogP) is 7.89. The van der Waals surface area contributed by atoms with Crippen molar-refractivity contribution in [1.82, 2.24) is 4.68 Å². The zero-order valence-corrected chi connectivity index (χ0v) is 20.6. The van der Waals surface area contributed by atoms with Gasteiger partial charge in [-0.3, -0.25) is 0 Å². The molecule has 32 heavy (non-hydrogen) atoms. The van der Waals surface area contributed by atoms with E-state index in [-0.39, 0.29) is 0 Å². The maximum Gasteiger partial charge on any atom is 0.196 e. The van der Waals surface area contributed by atoms with Crippen LogP contribution < -0.4 is 4.68 Å². The van der Waals surface area contributed by atoms with Gasteiger partial charge in [-0.1, -0.05) is 64.1 Å². The van der Waals surface area contributed by atoms with E-state index in [1.807, 2.05) is 11.3 Å². The van der Waals surface area contributed by atoms with Gasteiger partial charge in [-0.25, -0.2) is 0 Å². The van der Waals surface area contributed by atoms with E-state index >= 15 is 0 Å². The molecule has 0 bridgehead atoms. The number of rotatable bonds is 4. The number of aromatic nitrogens is 2. The number of benzene rings is 3. The van der Waals surface area contributed by atoms with E-state index in [1.54, 1.807) is 0 Å². The van der Waals surface area contributed by atoms with Crippen LogP contribution in [0.4, 0.5) is 0 Å². The van der Waals surface area contributed by atoms with Crippen LogP contribution in [0.2, 0.25) is 0 Å². The van der Waals surface area contributed by atoms with Crippen molar-refractivity contribution in [3.8, 4) is 16.9 Å². The smallest absolute Gasteiger partial charge is 0.135 e. The van der Waals surface area contributed by atoms with E-state index in [0.717, 1.165) is 0 Å². The Morgan fingerprint density at radius 3 is 2.28 bits per heavy atom. The van der Waals surface area contributed by atoms with E-state index in [1.165, 1.54) is 53.8 Å². The molecule has 3 heteroatoms. The number of para-hydroxylation sites is 1. The molecule has 2 aromatic heterocycles. The van der Waals surface area contributed by atoms with Gasteiger partial charge in [0.1, 0.15) is 11.4 Å². The zero-order chi connectivity index (χ0) is 22.6. The molecular formula is C29H31N2S+. The molecule has 0 aliphatic rings. The molecule has 0 aliphatic carbocycles. The highest BCUT2D eigenvalue weighted by Crippen LogP contribution is 2.46. The molecule has 2 nitrogen and oxygen atoms in total. The predicted molar refractivity (Wildman–Crippen MR) is 138 cm³/mol. The lowest BCUT2D eigenvalue weighted by Crippen LogP contribution is -2.37. The van der Waals surface area contributed by atoms with Crippen LogP contribution in [-0.2, 0) is 7.05 Å². The van der Waals surface area contributed by atoms with Crippen molar-refractivity contribution in [1.29, 1.82) is 0 Å². The summed E-state index contributed by atoms with van der Waals surface area (Å²) in [6.45, 7) is 11.5. The van der Waals surface area contributed by atoms with Crippen molar-refractivity contribution in [2.75, 3.05) is 0 Å². The van der Waals surface area contributed by atoms with E-state index in [9.17, 15) is 0 Å². The largest absolute Gasteiger partial charge is 0.196 e. The van der Waals surface area contributed by atoms with Gasteiger partial charge in [0.05, 0.1) is 0 Å². The minimum absolute atomic E-state index is 0.421. The van der Waals surface area contributed by atoms with E-state index < -0.39 is 0 Å². The SMILES string of the molecule is Cc1ccccc1-n1c(-c2c(C(C)C)cc3c(sc4ccccc43)c2C(C)C)cc[n+]1C. The monoisotopic (exact) mass is 439 g/mol. The average Bonchev–Trinajstić information content (AvgIpc) is 3.32. The molecule has 0 fully saturated rings. The molecular weight excluding hydrogens is 408 g/mol. The minimum Gasteiger partial charge on any atom is -0.135 e. The second kappa shape index (κ2) is 7.90. The normalized spacial score (nSPS) is 12.0. The Balaban J connectivity index is 1.94. The number of fused-ring (bicyclic) bond motifs is 3. The number of thiophene rings is 1. The van der Waals surface area contributed by atoms with Crippen molar-refractivity contribution in [2.24, 2.45) is 7.05 Å². The third-order valence-corrected chi connectivity index (χ3v) is 7.75. The number of hydrogen-bond donors (Lipinski definition) is 0. The first-order valence-corrected chi connectivity index (χ1v) is 12.3. The molecule has 3 aromatic carbocycles. The van der Waals surface area contributed by atoms with Gasteiger partial charge in [-0.15, -0.1) is 20.7 Å². The molecule has 0 saturated heterocycles. The van der Waals surface area contributed by atoms with Gasteiger partial charge in [0.15, 0.2) is 13.2 Å². The van der Waals surface area contributed by atoms with Crippen molar-refractivity contribution in [3.63, 3.8) is 0 Å². The molecule has 5 rings (SSSR count). The van der Waals surface area contributed by atoms with Crippen LogP contribution in [-0.4, -0.2) is 4.68 Å². The van der Waals surface area contributed by atoms with Crippen molar-refractivity contribution >= 4 is 31.5 Å². The Hall–Kier alpha value is -2.91. The van der Waals surface area contributed by atoms with Crippen molar-refractivity contribution in [3.05, 3.63) is 83.6 Å². The first-order valence-electron chi connectivity index (χ1n) is 11.5. The Kier molecular flexibility index (Phi) is 5.17. The summed E-state index contributed by atoms with van der Waals surface area (Å²) in [7, 11) is 2.14. The molecule has 0 spiro atoms. The molecule has 0 radical (unpaired) electrons. The van der Waals surface area contributed by atoms with Gasteiger partial charge in [-0.2, -0.15) is 0 Å². The van der Waals surface area contributed by atoms with Crippen LogP contribution in [0.3, 0.4) is 0 Å². The van der Waals surface area contributed by atoms with Crippen LogP contribution in [0.25, 0.3) is 37.1 Å². The quantitative estimate of drug-likeness (QED) is 0.252. The molecule has 0 amide bonds. The topological polar surface area (TPSA) is 8.81 Å². The van der Waals surface area contributed by atoms with Gasteiger partial charge in [0, 0.05) is 31.8 Å². The van der Waals surface area contributed by atoms with Crippen molar-refractivity contribution in [2.45, 2.75) is 46.5 Å². The van der Waals surface area contributed by atoms with Gasteiger partial charge < -0.3 is 0 Å². The van der Waals surface area contributed by atoms with Crippen LogP contribution in [0.5, 0.6) is 0 Å². The third kappa shape index (κ3) is 3.18. The van der Waals surface area contributed by atoms with Crippen LogP contribution in [0, 0.1) is 6.92 Å². The van der Waals surface area contributed by atoms with Crippen LogP contribution in [0.15, 0.2) is 66.9 Å². The first-order chi connectivity index (χ1) is 15.4. The molecule has 0 atom stereocenters. The van der Waals surface area contributed by atoms with E-state index in [0.29, 0.717) is 11.8 Å². The highest BCUT2D eigenvalue weighted by atomic mass is 32.1. The summed E-state index contributed by atoms with van der Waals surface area (Å²) in [6, 6.07) is 22.3. The second-order valence-corrected chi connectivity index (χ2v) is 10.5. The molecule has 0 saturated carbocycles. The molecule has 5 aromatic rings. The minimum atomic E-state index is 0.421. The summed E-state index contributed by atoms with van der Waals surface area (Å²) in [5, 5.41) is 2.78. The zero-order valence-electron chi connectivity index (χ0n) is 19.8. The molecule has 2 heterocycles.